The number of H-pyrrole nitrogens is 1. The van der Waals surface area contributed by atoms with Gasteiger partial charge in [-0.2, -0.15) is 13.2 Å². The number of anilines is 1. The quantitative estimate of drug-likeness (QED) is 0.218. The zero-order chi connectivity index (χ0) is 30.4. The highest BCUT2D eigenvalue weighted by molar-refractivity contribution is 5.96. The Kier molecular flexibility index (Phi) is 9.60. The Morgan fingerprint density at radius 2 is 1.62 bits per heavy atom. The van der Waals surface area contributed by atoms with Gasteiger partial charge in [0.25, 0.3) is 5.91 Å². The van der Waals surface area contributed by atoms with Gasteiger partial charge in [-0.05, 0) is 59.9 Å². The summed E-state index contributed by atoms with van der Waals surface area (Å²) in [4.78, 5) is 35.6. The van der Waals surface area contributed by atoms with E-state index in [-0.39, 0.29) is 30.5 Å². The molecule has 2 amide bonds. The Bertz CT molecular complexity index is 1510. The second-order valence-electron chi connectivity index (χ2n) is 11.1. The zero-order valence-corrected chi connectivity index (χ0v) is 24.4. The van der Waals surface area contributed by atoms with Crippen LogP contribution in [0.4, 0.5) is 18.9 Å². The number of hydrogen-bond donors (Lipinski definition) is 1. The SMILES string of the molecule is CC(C)CN(CC(=O)N(CCc1c[nH]c2ccccc12)Cc1ccc(N(C)C)cc1)C(=O)c1cccc(C(F)(F)F)c1. The fourth-order valence-electron chi connectivity index (χ4n) is 4.94. The summed E-state index contributed by atoms with van der Waals surface area (Å²) in [5, 5.41) is 1.08. The van der Waals surface area contributed by atoms with Crippen LogP contribution >= 0.6 is 0 Å². The lowest BCUT2D eigenvalue weighted by atomic mass is 10.1. The Morgan fingerprint density at radius 3 is 2.29 bits per heavy atom. The van der Waals surface area contributed by atoms with E-state index in [1.165, 1.54) is 17.0 Å². The molecule has 1 N–H and O–H groups in total. The highest BCUT2D eigenvalue weighted by atomic mass is 19.4. The third-order valence-electron chi connectivity index (χ3n) is 7.14. The summed E-state index contributed by atoms with van der Waals surface area (Å²) in [5.74, 6) is -0.867. The van der Waals surface area contributed by atoms with Crippen LogP contribution in [0.15, 0.2) is 79.0 Å². The fourth-order valence-corrected chi connectivity index (χ4v) is 4.94. The van der Waals surface area contributed by atoms with E-state index in [4.69, 9.17) is 0 Å². The highest BCUT2D eigenvalue weighted by Gasteiger charge is 2.32. The molecule has 0 fully saturated rings. The van der Waals surface area contributed by atoms with Crippen molar-refractivity contribution in [2.24, 2.45) is 5.92 Å². The first-order chi connectivity index (χ1) is 19.9. The minimum Gasteiger partial charge on any atom is -0.378 e. The number of para-hydroxylation sites is 1. The molecule has 3 aromatic carbocycles. The van der Waals surface area contributed by atoms with Crippen molar-refractivity contribution in [2.45, 2.75) is 33.0 Å². The van der Waals surface area contributed by atoms with Gasteiger partial charge in [0.05, 0.1) is 5.56 Å². The second kappa shape index (κ2) is 13.1. The largest absolute Gasteiger partial charge is 0.416 e. The molecule has 222 valence electrons. The van der Waals surface area contributed by atoms with E-state index < -0.39 is 17.6 Å². The van der Waals surface area contributed by atoms with Gasteiger partial charge in [-0.1, -0.05) is 50.2 Å². The Labute approximate surface area is 244 Å². The number of hydrogen-bond acceptors (Lipinski definition) is 3. The molecule has 0 aliphatic carbocycles. The summed E-state index contributed by atoms with van der Waals surface area (Å²) < 4.78 is 40.0. The molecule has 9 heteroatoms. The number of nitrogens with one attached hydrogen (secondary N) is 1. The van der Waals surface area contributed by atoms with Crippen LogP contribution in [0.2, 0.25) is 0 Å². The number of carbonyl (C=O) groups excluding carboxylic acids is 2. The Hall–Kier alpha value is -4.27. The summed E-state index contributed by atoms with van der Waals surface area (Å²) in [7, 11) is 3.91. The third-order valence-corrected chi connectivity index (χ3v) is 7.14. The number of rotatable bonds is 11. The first-order valence-corrected chi connectivity index (χ1v) is 14.0. The molecule has 0 aliphatic rings. The molecule has 4 rings (SSSR count). The molecule has 1 aromatic heterocycles. The number of aromatic amines is 1. The Balaban J connectivity index is 1.58. The summed E-state index contributed by atoms with van der Waals surface area (Å²) in [6.07, 6.45) is -2.03. The van der Waals surface area contributed by atoms with E-state index >= 15 is 0 Å². The van der Waals surface area contributed by atoms with E-state index in [1.807, 2.05) is 87.6 Å². The summed E-state index contributed by atoms with van der Waals surface area (Å²) in [6.45, 7) is 4.53. The van der Waals surface area contributed by atoms with Crippen molar-refractivity contribution in [1.29, 1.82) is 0 Å². The topological polar surface area (TPSA) is 59.7 Å². The van der Waals surface area contributed by atoms with Crippen molar-refractivity contribution < 1.29 is 22.8 Å². The molecule has 0 spiro atoms. The van der Waals surface area contributed by atoms with Crippen molar-refractivity contribution in [3.63, 3.8) is 0 Å². The van der Waals surface area contributed by atoms with Crippen molar-refractivity contribution >= 4 is 28.4 Å². The smallest absolute Gasteiger partial charge is 0.378 e. The van der Waals surface area contributed by atoms with E-state index in [0.717, 1.165) is 39.8 Å². The van der Waals surface area contributed by atoms with Gasteiger partial charge in [-0.3, -0.25) is 9.59 Å². The van der Waals surface area contributed by atoms with E-state index in [0.29, 0.717) is 19.5 Å². The van der Waals surface area contributed by atoms with Crippen molar-refractivity contribution in [1.82, 2.24) is 14.8 Å². The average molecular weight is 579 g/mol. The first kappa shape index (κ1) is 30.7. The van der Waals surface area contributed by atoms with Gasteiger partial charge in [0.2, 0.25) is 5.91 Å². The van der Waals surface area contributed by atoms with E-state index in [9.17, 15) is 22.8 Å². The van der Waals surface area contributed by atoms with Crippen molar-refractivity contribution in [3.8, 4) is 0 Å². The van der Waals surface area contributed by atoms with Crippen LogP contribution in [0, 0.1) is 5.92 Å². The molecule has 0 unspecified atom stereocenters. The molecule has 0 radical (unpaired) electrons. The number of fused-ring (bicyclic) bond motifs is 1. The van der Waals surface area contributed by atoms with Crippen LogP contribution in [-0.4, -0.2) is 60.3 Å². The summed E-state index contributed by atoms with van der Waals surface area (Å²) in [6, 6.07) is 20.2. The fraction of sp³-hybridized carbons (Fsp3) is 0.333. The number of alkyl halides is 3. The molecule has 6 nitrogen and oxygen atoms in total. The van der Waals surface area contributed by atoms with Crippen LogP contribution in [0.5, 0.6) is 0 Å². The number of nitrogens with zero attached hydrogens (tertiary/aromatic N) is 3. The zero-order valence-electron chi connectivity index (χ0n) is 24.4. The summed E-state index contributed by atoms with van der Waals surface area (Å²) in [5.41, 5.74) is 3.07. The average Bonchev–Trinajstić information content (AvgIpc) is 3.37. The maximum absolute atomic E-state index is 13.8. The molecular formula is C33H37F3N4O2. The van der Waals surface area contributed by atoms with Crippen LogP contribution in [-0.2, 0) is 23.9 Å². The minimum atomic E-state index is -4.57. The first-order valence-electron chi connectivity index (χ1n) is 14.0. The lowest BCUT2D eigenvalue weighted by Crippen LogP contribution is -2.44. The van der Waals surface area contributed by atoms with Gasteiger partial charge in [0, 0.05) is 62.1 Å². The number of carbonyl (C=O) groups is 2. The Morgan fingerprint density at radius 1 is 0.905 bits per heavy atom. The predicted molar refractivity (Wildman–Crippen MR) is 160 cm³/mol. The summed E-state index contributed by atoms with van der Waals surface area (Å²) >= 11 is 0. The van der Waals surface area contributed by atoms with Crippen LogP contribution < -0.4 is 4.90 Å². The molecule has 0 saturated carbocycles. The normalized spacial score (nSPS) is 11.6. The van der Waals surface area contributed by atoms with Crippen molar-refractivity contribution in [3.05, 3.63) is 101 Å². The number of halogens is 3. The molecule has 0 bridgehead atoms. The molecular weight excluding hydrogens is 541 g/mol. The van der Waals surface area contributed by atoms with Crippen LogP contribution in [0.25, 0.3) is 10.9 Å². The monoisotopic (exact) mass is 578 g/mol. The van der Waals surface area contributed by atoms with Gasteiger partial charge in [-0.15, -0.1) is 0 Å². The van der Waals surface area contributed by atoms with Gasteiger partial charge in [-0.25, -0.2) is 0 Å². The molecule has 0 atom stereocenters. The molecule has 0 saturated heterocycles. The predicted octanol–water partition coefficient (Wildman–Crippen LogP) is 6.62. The standard InChI is InChI=1S/C33H37F3N4O2/c1-23(2)20-40(32(42)25-8-7-9-27(18-25)33(34,35)36)22-31(41)39(21-24-12-14-28(15-13-24)38(3)4)17-16-26-19-37-30-11-6-5-10-29(26)30/h5-15,18-19,23,37H,16-17,20-22H2,1-4H3. The highest BCUT2D eigenvalue weighted by Crippen LogP contribution is 2.30. The molecule has 42 heavy (non-hydrogen) atoms. The maximum atomic E-state index is 13.8. The van der Waals surface area contributed by atoms with E-state index in [2.05, 4.69) is 4.98 Å². The number of amides is 2. The maximum Gasteiger partial charge on any atom is 0.416 e. The molecule has 4 aromatic rings. The van der Waals surface area contributed by atoms with Gasteiger partial charge < -0.3 is 19.7 Å². The lowest BCUT2D eigenvalue weighted by molar-refractivity contribution is -0.137. The van der Waals surface area contributed by atoms with Gasteiger partial charge in [0.15, 0.2) is 0 Å². The van der Waals surface area contributed by atoms with Crippen molar-refractivity contribution in [2.75, 3.05) is 38.6 Å². The molecule has 0 aliphatic heterocycles. The van der Waals surface area contributed by atoms with E-state index in [1.54, 1.807) is 4.90 Å². The second-order valence-corrected chi connectivity index (χ2v) is 11.1. The number of benzene rings is 3. The van der Waals surface area contributed by atoms with Crippen LogP contribution in [0.3, 0.4) is 0 Å². The molecule has 1 heterocycles. The minimum absolute atomic E-state index is 0.00537. The third kappa shape index (κ3) is 7.72. The van der Waals surface area contributed by atoms with Gasteiger partial charge in [0.1, 0.15) is 6.54 Å². The number of aromatic nitrogens is 1. The van der Waals surface area contributed by atoms with Gasteiger partial charge >= 0.3 is 6.18 Å². The van der Waals surface area contributed by atoms with Crippen LogP contribution in [0.1, 0.15) is 40.9 Å². The lowest BCUT2D eigenvalue weighted by Gasteiger charge is -2.29.